The Morgan fingerprint density at radius 3 is 2.46 bits per heavy atom. The molecule has 2 nitrogen and oxygen atoms in total. The van der Waals surface area contributed by atoms with Crippen LogP contribution in [0.3, 0.4) is 0 Å². The summed E-state index contributed by atoms with van der Waals surface area (Å²) in [6.45, 7) is 3.89. The third-order valence-electron chi connectivity index (χ3n) is 1.60. The van der Waals surface area contributed by atoms with Crippen LogP contribution in [0.25, 0.3) is 0 Å². The summed E-state index contributed by atoms with van der Waals surface area (Å²) in [6, 6.07) is 8.02. The highest BCUT2D eigenvalue weighted by Gasteiger charge is 1.85. The molecular formula is C11H14N2. The monoisotopic (exact) mass is 174 g/mol. The fourth-order valence-corrected chi connectivity index (χ4v) is 0.872. The van der Waals surface area contributed by atoms with Crippen LogP contribution in [0, 0.1) is 6.92 Å². The maximum absolute atomic E-state index is 5.45. The number of allylic oxidation sites excluding steroid dienone is 2. The van der Waals surface area contributed by atoms with Crippen molar-refractivity contribution in [3.05, 3.63) is 41.6 Å². The van der Waals surface area contributed by atoms with Gasteiger partial charge < -0.3 is 5.73 Å². The second-order valence-electron chi connectivity index (χ2n) is 3.02. The normalized spacial score (nSPS) is 12.3. The van der Waals surface area contributed by atoms with Crippen LogP contribution in [-0.4, -0.2) is 6.21 Å². The van der Waals surface area contributed by atoms with E-state index in [1.807, 2.05) is 31.2 Å². The van der Waals surface area contributed by atoms with Crippen LogP contribution in [0.15, 0.2) is 41.0 Å². The molecule has 68 valence electrons. The topological polar surface area (TPSA) is 38.4 Å². The van der Waals surface area contributed by atoms with E-state index in [0.29, 0.717) is 0 Å². The Hall–Kier alpha value is -1.57. The number of nitrogens with two attached hydrogens (primary N) is 1. The van der Waals surface area contributed by atoms with Crippen molar-refractivity contribution in [1.82, 2.24) is 0 Å². The molecule has 13 heavy (non-hydrogen) atoms. The summed E-state index contributed by atoms with van der Waals surface area (Å²) in [5, 5.41) is 0. The fraction of sp³-hybridized carbons (Fsp3) is 0.182. The molecule has 0 unspecified atom stereocenters. The standard InChI is InChI=1S/C11H14N2/c1-9-3-5-11(6-4-9)13-8-7-10(2)12/h3-8H,12H2,1-2H3. The summed E-state index contributed by atoms with van der Waals surface area (Å²) in [6.07, 6.45) is 3.49. The van der Waals surface area contributed by atoms with Crippen LogP contribution < -0.4 is 5.73 Å². The fourth-order valence-electron chi connectivity index (χ4n) is 0.872. The van der Waals surface area contributed by atoms with E-state index < -0.39 is 0 Å². The highest BCUT2D eigenvalue weighted by molar-refractivity contribution is 5.75. The average molecular weight is 174 g/mol. The molecule has 0 saturated heterocycles. The van der Waals surface area contributed by atoms with Gasteiger partial charge in [-0.15, -0.1) is 0 Å². The summed E-state index contributed by atoms with van der Waals surface area (Å²) < 4.78 is 0. The molecule has 2 heteroatoms. The number of aliphatic imine (C=N–C) groups is 1. The van der Waals surface area contributed by atoms with Crippen molar-refractivity contribution < 1.29 is 0 Å². The lowest BCUT2D eigenvalue weighted by Crippen LogP contribution is -1.89. The first-order valence-electron chi connectivity index (χ1n) is 4.21. The molecule has 0 aliphatic carbocycles. The van der Waals surface area contributed by atoms with Gasteiger partial charge in [0.2, 0.25) is 0 Å². The number of hydrogen-bond acceptors (Lipinski definition) is 2. The van der Waals surface area contributed by atoms with Crippen LogP contribution in [0.1, 0.15) is 12.5 Å². The third-order valence-corrected chi connectivity index (χ3v) is 1.60. The van der Waals surface area contributed by atoms with Crippen molar-refractivity contribution in [2.75, 3.05) is 0 Å². The summed E-state index contributed by atoms with van der Waals surface area (Å²) in [5.41, 5.74) is 8.40. The Balaban J connectivity index is 2.70. The van der Waals surface area contributed by atoms with E-state index in [4.69, 9.17) is 5.73 Å². The summed E-state index contributed by atoms with van der Waals surface area (Å²) in [4.78, 5) is 4.21. The molecule has 0 spiro atoms. The lowest BCUT2D eigenvalue weighted by atomic mass is 10.2. The Morgan fingerprint density at radius 2 is 1.92 bits per heavy atom. The Kier molecular flexibility index (Phi) is 3.26. The van der Waals surface area contributed by atoms with E-state index in [-0.39, 0.29) is 0 Å². The van der Waals surface area contributed by atoms with Gasteiger partial charge >= 0.3 is 0 Å². The van der Waals surface area contributed by atoms with Gasteiger partial charge in [-0.1, -0.05) is 17.7 Å². The molecule has 0 aliphatic rings. The maximum atomic E-state index is 5.45. The molecule has 0 amide bonds. The third kappa shape index (κ3) is 3.56. The zero-order valence-corrected chi connectivity index (χ0v) is 7.99. The molecule has 0 heterocycles. The largest absolute Gasteiger partial charge is 0.402 e. The van der Waals surface area contributed by atoms with E-state index in [2.05, 4.69) is 11.9 Å². The zero-order chi connectivity index (χ0) is 9.68. The molecule has 0 aromatic heterocycles. The van der Waals surface area contributed by atoms with Crippen molar-refractivity contribution >= 4 is 11.9 Å². The molecule has 2 N–H and O–H groups in total. The van der Waals surface area contributed by atoms with Gasteiger partial charge in [0.25, 0.3) is 0 Å². The Bertz CT molecular complexity index is 316. The minimum absolute atomic E-state index is 0.760. The molecule has 0 radical (unpaired) electrons. The zero-order valence-electron chi connectivity index (χ0n) is 7.99. The Labute approximate surface area is 78.8 Å². The molecule has 0 saturated carbocycles. The van der Waals surface area contributed by atoms with Crippen molar-refractivity contribution in [1.29, 1.82) is 0 Å². The van der Waals surface area contributed by atoms with Crippen LogP contribution in [0.2, 0.25) is 0 Å². The molecular weight excluding hydrogens is 160 g/mol. The Morgan fingerprint density at radius 1 is 1.31 bits per heavy atom. The molecule has 1 aromatic rings. The van der Waals surface area contributed by atoms with E-state index >= 15 is 0 Å². The van der Waals surface area contributed by atoms with Gasteiger partial charge in [-0.25, -0.2) is 0 Å². The first kappa shape index (κ1) is 9.52. The van der Waals surface area contributed by atoms with Crippen molar-refractivity contribution in [2.45, 2.75) is 13.8 Å². The quantitative estimate of drug-likeness (QED) is 0.687. The first-order valence-corrected chi connectivity index (χ1v) is 4.21. The molecule has 0 aliphatic heterocycles. The van der Waals surface area contributed by atoms with E-state index in [0.717, 1.165) is 11.4 Å². The first-order chi connectivity index (χ1) is 6.18. The molecule has 1 rings (SSSR count). The van der Waals surface area contributed by atoms with Crippen molar-refractivity contribution in [2.24, 2.45) is 10.7 Å². The van der Waals surface area contributed by atoms with Crippen LogP contribution >= 0.6 is 0 Å². The second-order valence-corrected chi connectivity index (χ2v) is 3.02. The smallest absolute Gasteiger partial charge is 0.0629 e. The number of hydrogen-bond donors (Lipinski definition) is 1. The van der Waals surface area contributed by atoms with E-state index in [1.54, 1.807) is 12.3 Å². The van der Waals surface area contributed by atoms with Crippen LogP contribution in [0.5, 0.6) is 0 Å². The molecule has 0 fully saturated rings. The summed E-state index contributed by atoms with van der Waals surface area (Å²) in [5.74, 6) is 0. The highest BCUT2D eigenvalue weighted by Crippen LogP contribution is 2.11. The number of rotatable bonds is 2. The van der Waals surface area contributed by atoms with Crippen LogP contribution in [-0.2, 0) is 0 Å². The van der Waals surface area contributed by atoms with Gasteiger partial charge in [-0.2, -0.15) is 0 Å². The predicted molar refractivity (Wildman–Crippen MR) is 57.3 cm³/mol. The number of aryl methyl sites for hydroxylation is 1. The van der Waals surface area contributed by atoms with Crippen molar-refractivity contribution in [3.63, 3.8) is 0 Å². The minimum Gasteiger partial charge on any atom is -0.402 e. The van der Waals surface area contributed by atoms with Crippen LogP contribution in [0.4, 0.5) is 5.69 Å². The van der Waals surface area contributed by atoms with Gasteiger partial charge in [0, 0.05) is 11.9 Å². The second kappa shape index (κ2) is 4.45. The molecule has 0 atom stereocenters. The average Bonchev–Trinajstić information content (AvgIpc) is 2.08. The summed E-state index contributed by atoms with van der Waals surface area (Å²) in [7, 11) is 0. The number of nitrogens with zero attached hydrogens (tertiary/aromatic N) is 1. The van der Waals surface area contributed by atoms with Gasteiger partial charge in [0.15, 0.2) is 0 Å². The van der Waals surface area contributed by atoms with Gasteiger partial charge in [-0.3, -0.25) is 4.99 Å². The van der Waals surface area contributed by atoms with Gasteiger partial charge in [-0.05, 0) is 32.1 Å². The maximum Gasteiger partial charge on any atom is 0.0629 e. The van der Waals surface area contributed by atoms with E-state index in [9.17, 15) is 0 Å². The molecule has 0 bridgehead atoms. The lowest BCUT2D eigenvalue weighted by Gasteiger charge is -1.93. The minimum atomic E-state index is 0.760. The SMILES string of the molecule is CC(N)=CC=Nc1ccc(C)cc1. The summed E-state index contributed by atoms with van der Waals surface area (Å²) >= 11 is 0. The highest BCUT2D eigenvalue weighted by atomic mass is 14.7. The lowest BCUT2D eigenvalue weighted by molar-refractivity contribution is 1.33. The van der Waals surface area contributed by atoms with Gasteiger partial charge in [0.05, 0.1) is 5.69 Å². The number of benzene rings is 1. The predicted octanol–water partition coefficient (Wildman–Crippen LogP) is 2.56. The van der Waals surface area contributed by atoms with Crippen molar-refractivity contribution in [3.8, 4) is 0 Å². The van der Waals surface area contributed by atoms with Gasteiger partial charge in [0.1, 0.15) is 0 Å². The molecule has 1 aromatic carbocycles. The van der Waals surface area contributed by atoms with E-state index in [1.165, 1.54) is 5.56 Å².